The monoisotopic (exact) mass is 479 g/mol. The molecule has 3 aromatic rings. The van der Waals surface area contributed by atoms with Crippen LogP contribution >= 0.6 is 0 Å². The second-order valence-electron chi connectivity index (χ2n) is 9.13. The first kappa shape index (κ1) is 23.4. The molecule has 0 aliphatic carbocycles. The Kier molecular flexibility index (Phi) is 6.56. The van der Waals surface area contributed by atoms with E-state index in [1.807, 2.05) is 60.7 Å². The van der Waals surface area contributed by atoms with E-state index in [-0.39, 0.29) is 0 Å². The van der Waals surface area contributed by atoms with Crippen LogP contribution in [0, 0.1) is 0 Å². The van der Waals surface area contributed by atoms with Crippen LogP contribution in [-0.4, -0.2) is 49.9 Å². The molecule has 4 N–H and O–H groups in total. The number of nitrogens with two attached hydrogens (primary N) is 1. The van der Waals surface area contributed by atoms with Crippen LogP contribution in [0.2, 0.25) is 0 Å². The van der Waals surface area contributed by atoms with Crippen molar-refractivity contribution >= 4 is 46.6 Å². The largest absolute Gasteiger partial charge is 0.399 e. The fourth-order valence-electron chi connectivity index (χ4n) is 4.38. The summed E-state index contributed by atoms with van der Waals surface area (Å²) < 4.78 is 0. The number of benzene rings is 3. The first-order valence-electron chi connectivity index (χ1n) is 12.0. The maximum Gasteiger partial charge on any atom is 0.260 e. The van der Waals surface area contributed by atoms with Gasteiger partial charge in [-0.05, 0) is 66.7 Å². The quantitative estimate of drug-likeness (QED) is 0.222. The van der Waals surface area contributed by atoms with Crippen LogP contribution in [0.5, 0.6) is 0 Å². The minimum absolute atomic E-state index is 0.391. The van der Waals surface area contributed by atoms with E-state index < -0.39 is 11.8 Å². The van der Waals surface area contributed by atoms with Gasteiger partial charge in [0.15, 0.2) is 0 Å². The zero-order valence-electron chi connectivity index (χ0n) is 20.2. The molecule has 1 fully saturated rings. The van der Waals surface area contributed by atoms with Crippen LogP contribution in [-0.2, 0) is 4.79 Å². The Hall–Kier alpha value is -4.36. The second kappa shape index (κ2) is 10.1. The summed E-state index contributed by atoms with van der Waals surface area (Å²) in [6.07, 6.45) is 5.58. The van der Waals surface area contributed by atoms with Gasteiger partial charge in [-0.1, -0.05) is 30.4 Å². The van der Waals surface area contributed by atoms with Gasteiger partial charge in [-0.3, -0.25) is 14.9 Å². The normalized spacial score (nSPS) is 17.4. The predicted octanol–water partition coefficient (Wildman–Crippen LogP) is 3.91. The lowest BCUT2D eigenvalue weighted by Gasteiger charge is -2.34. The lowest BCUT2D eigenvalue weighted by Crippen LogP contribution is -2.44. The zero-order chi connectivity index (χ0) is 25.1. The first-order valence-corrected chi connectivity index (χ1v) is 12.0. The molecule has 182 valence electrons. The maximum atomic E-state index is 12.7. The molecule has 36 heavy (non-hydrogen) atoms. The molecule has 3 aromatic carbocycles. The van der Waals surface area contributed by atoms with Crippen LogP contribution < -0.4 is 21.3 Å². The third-order valence-electron chi connectivity index (χ3n) is 6.57. The molecular weight excluding hydrogens is 450 g/mol. The molecule has 0 spiro atoms. The summed E-state index contributed by atoms with van der Waals surface area (Å²) in [7, 11) is 2.14. The number of imide groups is 1. The van der Waals surface area contributed by atoms with Crippen LogP contribution in [0.25, 0.3) is 17.7 Å². The second-order valence-corrected chi connectivity index (χ2v) is 9.13. The number of fused-ring (bicyclic) bond motifs is 1. The highest BCUT2D eigenvalue weighted by Gasteiger charge is 2.27. The van der Waals surface area contributed by atoms with Crippen molar-refractivity contribution in [1.82, 2.24) is 10.2 Å². The van der Waals surface area contributed by atoms with Gasteiger partial charge in [0.05, 0.1) is 5.57 Å². The van der Waals surface area contributed by atoms with Crippen molar-refractivity contribution in [1.29, 1.82) is 0 Å². The van der Waals surface area contributed by atoms with Crippen molar-refractivity contribution < 1.29 is 9.59 Å². The number of piperazine rings is 1. The minimum Gasteiger partial charge on any atom is -0.399 e. The van der Waals surface area contributed by atoms with Gasteiger partial charge in [0.25, 0.3) is 11.8 Å². The fraction of sp³-hybridized carbons (Fsp3) is 0.172. The van der Waals surface area contributed by atoms with Gasteiger partial charge in [-0.25, -0.2) is 0 Å². The van der Waals surface area contributed by atoms with Crippen LogP contribution in [0.1, 0.15) is 27.0 Å². The minimum atomic E-state index is -0.422. The highest BCUT2D eigenvalue weighted by atomic mass is 16.2. The third kappa shape index (κ3) is 5.16. The molecule has 2 aliphatic heterocycles. The van der Waals surface area contributed by atoms with Gasteiger partial charge in [-0.15, -0.1) is 0 Å². The Bertz CT molecular complexity index is 1340. The number of hydrogen-bond acceptors (Lipinski definition) is 6. The Labute approximate surface area is 210 Å². The van der Waals surface area contributed by atoms with Crippen molar-refractivity contribution in [3.63, 3.8) is 0 Å². The molecule has 0 saturated carbocycles. The number of nitrogen functional groups attached to an aromatic ring is 1. The van der Waals surface area contributed by atoms with E-state index in [2.05, 4.69) is 39.6 Å². The molecule has 0 aromatic heterocycles. The molecule has 7 nitrogen and oxygen atoms in total. The Morgan fingerprint density at radius 2 is 1.47 bits per heavy atom. The number of amides is 2. The summed E-state index contributed by atoms with van der Waals surface area (Å²) in [6.45, 7) is 4.12. The number of carbonyl (C=O) groups is 2. The van der Waals surface area contributed by atoms with Gasteiger partial charge >= 0.3 is 0 Å². The van der Waals surface area contributed by atoms with E-state index in [1.165, 1.54) is 5.69 Å². The molecule has 7 heteroatoms. The van der Waals surface area contributed by atoms with Crippen LogP contribution in [0.3, 0.4) is 0 Å². The number of hydrogen-bond donors (Lipinski definition) is 3. The maximum absolute atomic E-state index is 12.7. The standard InChI is InChI=1S/C29H29N5O2/c1-33-14-16-34(17-15-33)24-11-9-23(10-12-24)31-19-27-26-18-21(3-2-20-4-7-22(30)8-5-20)6-13-25(26)28(35)32-29(27)36/h2-13,18-19,31H,14-17,30H2,1H3,(H,32,35,36). The van der Waals surface area contributed by atoms with Gasteiger partial charge in [0.2, 0.25) is 0 Å². The smallest absolute Gasteiger partial charge is 0.260 e. The average Bonchev–Trinajstić information content (AvgIpc) is 2.89. The molecule has 5 rings (SSSR count). The van der Waals surface area contributed by atoms with E-state index >= 15 is 0 Å². The van der Waals surface area contributed by atoms with E-state index in [9.17, 15) is 9.59 Å². The molecule has 0 bridgehead atoms. The lowest BCUT2D eigenvalue weighted by atomic mass is 9.93. The lowest BCUT2D eigenvalue weighted by molar-refractivity contribution is -0.114. The van der Waals surface area contributed by atoms with Gasteiger partial charge in [0.1, 0.15) is 0 Å². The highest BCUT2D eigenvalue weighted by molar-refractivity contribution is 6.31. The number of carbonyl (C=O) groups excluding carboxylic acids is 2. The number of nitrogens with one attached hydrogen (secondary N) is 2. The molecule has 2 amide bonds. The predicted molar refractivity (Wildman–Crippen MR) is 146 cm³/mol. The SMILES string of the molecule is CN1CCN(c2ccc(NC=C3C(=O)NC(=O)c4ccc(C=Cc5ccc(N)cc5)cc43)cc2)CC1. The first-order chi connectivity index (χ1) is 17.5. The molecule has 0 unspecified atom stereocenters. The summed E-state index contributed by atoms with van der Waals surface area (Å²) in [5, 5.41) is 5.66. The van der Waals surface area contributed by atoms with E-state index in [1.54, 1.807) is 12.3 Å². The van der Waals surface area contributed by atoms with E-state index in [4.69, 9.17) is 5.73 Å². The number of rotatable bonds is 5. The zero-order valence-corrected chi connectivity index (χ0v) is 20.2. The summed E-state index contributed by atoms with van der Waals surface area (Å²) in [5.41, 5.74) is 11.9. The summed E-state index contributed by atoms with van der Waals surface area (Å²) >= 11 is 0. The summed E-state index contributed by atoms with van der Waals surface area (Å²) in [5.74, 6) is -0.813. The number of nitrogens with zero attached hydrogens (tertiary/aromatic N) is 2. The number of likely N-dealkylation sites (N-methyl/N-ethyl adjacent to an activating group) is 1. The van der Waals surface area contributed by atoms with Crippen molar-refractivity contribution in [3.05, 3.63) is 95.2 Å². The van der Waals surface area contributed by atoms with E-state index in [0.29, 0.717) is 22.4 Å². The van der Waals surface area contributed by atoms with E-state index in [0.717, 1.165) is 43.0 Å². The Morgan fingerprint density at radius 3 is 2.19 bits per heavy atom. The molecule has 2 heterocycles. The summed E-state index contributed by atoms with van der Waals surface area (Å²) in [4.78, 5) is 29.8. The van der Waals surface area contributed by atoms with Crippen molar-refractivity contribution in [2.45, 2.75) is 0 Å². The van der Waals surface area contributed by atoms with Gasteiger partial charge < -0.3 is 20.9 Å². The van der Waals surface area contributed by atoms with Crippen LogP contribution in [0.15, 0.2) is 72.9 Å². The van der Waals surface area contributed by atoms with Crippen molar-refractivity contribution in [3.8, 4) is 0 Å². The fourth-order valence-corrected chi connectivity index (χ4v) is 4.38. The third-order valence-corrected chi connectivity index (χ3v) is 6.57. The summed E-state index contributed by atoms with van der Waals surface area (Å²) in [6, 6.07) is 21.2. The molecule has 0 atom stereocenters. The Morgan fingerprint density at radius 1 is 0.806 bits per heavy atom. The van der Waals surface area contributed by atoms with Gasteiger partial charge in [-0.2, -0.15) is 0 Å². The van der Waals surface area contributed by atoms with Crippen molar-refractivity contribution in [2.75, 3.05) is 49.2 Å². The topological polar surface area (TPSA) is 90.7 Å². The average molecular weight is 480 g/mol. The molecule has 1 saturated heterocycles. The van der Waals surface area contributed by atoms with Crippen molar-refractivity contribution in [2.24, 2.45) is 0 Å². The Balaban J connectivity index is 1.36. The highest BCUT2D eigenvalue weighted by Crippen LogP contribution is 2.27. The molecule has 0 radical (unpaired) electrons. The molecular formula is C29H29N5O2. The molecule has 2 aliphatic rings. The number of anilines is 3. The van der Waals surface area contributed by atoms with Gasteiger partial charge in [0, 0.05) is 60.6 Å². The van der Waals surface area contributed by atoms with Crippen LogP contribution in [0.4, 0.5) is 17.1 Å².